The average molecular weight is 502 g/mol. The normalized spacial score (nSPS) is 17.7. The quantitative estimate of drug-likeness (QED) is 0.402. The van der Waals surface area contributed by atoms with Crippen molar-refractivity contribution in [3.05, 3.63) is 105 Å². The molecule has 5 nitrogen and oxygen atoms in total. The van der Waals surface area contributed by atoms with Crippen LogP contribution in [0.3, 0.4) is 0 Å². The summed E-state index contributed by atoms with van der Waals surface area (Å²) in [6.45, 7) is 2.88. The molecule has 1 amide bonds. The monoisotopic (exact) mass is 501 g/mol. The minimum atomic E-state index is -0.255. The number of aryl methyl sites for hydroxylation is 1. The lowest BCUT2D eigenvalue weighted by Crippen LogP contribution is -2.47. The van der Waals surface area contributed by atoms with E-state index in [1.807, 2.05) is 48.5 Å². The third kappa shape index (κ3) is 4.88. The number of fused-ring (bicyclic) bond motifs is 1. The van der Waals surface area contributed by atoms with Crippen molar-refractivity contribution in [2.45, 2.75) is 25.9 Å². The highest BCUT2D eigenvalue weighted by Crippen LogP contribution is 2.43. The first-order valence-electron chi connectivity index (χ1n) is 11.4. The Bertz CT molecular complexity index is 1320. The number of halogens is 1. The van der Waals surface area contributed by atoms with Crippen molar-refractivity contribution in [1.82, 2.24) is 4.90 Å². The fraction of sp³-hybridized carbons (Fsp3) is 0.214. The molecule has 2 aliphatic heterocycles. The Morgan fingerprint density at radius 1 is 1.09 bits per heavy atom. The van der Waals surface area contributed by atoms with Crippen LogP contribution in [0.5, 0.6) is 5.75 Å². The van der Waals surface area contributed by atoms with Crippen molar-refractivity contribution in [3.8, 4) is 11.8 Å². The molecule has 1 unspecified atom stereocenters. The Balaban J connectivity index is 1.33. The average Bonchev–Trinajstić information content (AvgIpc) is 2.89. The largest absolute Gasteiger partial charge is 0.489 e. The second-order valence-corrected chi connectivity index (χ2v) is 9.99. The van der Waals surface area contributed by atoms with Crippen LogP contribution in [-0.2, 0) is 11.4 Å². The van der Waals surface area contributed by atoms with E-state index < -0.39 is 0 Å². The van der Waals surface area contributed by atoms with Crippen LogP contribution in [0.15, 0.2) is 83.4 Å². The van der Waals surface area contributed by atoms with Gasteiger partial charge in [0.1, 0.15) is 12.4 Å². The Kier molecular flexibility index (Phi) is 6.72. The van der Waals surface area contributed by atoms with Gasteiger partial charge in [0.05, 0.1) is 29.2 Å². The van der Waals surface area contributed by atoms with Crippen molar-refractivity contribution in [2.75, 3.05) is 17.4 Å². The number of amides is 1. The number of carbonyl (C=O) groups excluding carboxylic acids is 1. The first kappa shape index (κ1) is 23.3. The molecule has 1 atom stereocenters. The zero-order valence-electron chi connectivity index (χ0n) is 19.3. The molecular formula is C28H24ClN3O2S. The lowest BCUT2D eigenvalue weighted by Gasteiger charge is -2.42. The Labute approximate surface area is 214 Å². The fourth-order valence-corrected chi connectivity index (χ4v) is 5.70. The molecule has 0 saturated carbocycles. The van der Waals surface area contributed by atoms with Crippen LogP contribution in [0.4, 0.5) is 5.69 Å². The van der Waals surface area contributed by atoms with Gasteiger partial charge in [-0.25, -0.2) is 0 Å². The van der Waals surface area contributed by atoms with Crippen LogP contribution >= 0.6 is 23.4 Å². The topological polar surface area (TPSA) is 56.6 Å². The van der Waals surface area contributed by atoms with Gasteiger partial charge in [-0.2, -0.15) is 5.26 Å². The molecule has 1 saturated heterocycles. The maximum atomic E-state index is 13.2. The molecule has 0 aromatic heterocycles. The van der Waals surface area contributed by atoms with E-state index in [1.165, 1.54) is 5.56 Å². The number of allylic oxidation sites excluding steroid dienone is 1. The number of thioether (sulfide) groups is 1. The first-order valence-corrected chi connectivity index (χ1v) is 12.7. The molecule has 1 fully saturated rings. The summed E-state index contributed by atoms with van der Waals surface area (Å²) in [5.41, 5.74) is 4.78. The second-order valence-electron chi connectivity index (χ2n) is 8.65. The standard InChI is InChI=1S/C28H24ClN3O2S/c1-19-6-10-22(11-7-19)31-17-32-27(33)14-24(25(15-30)28(32)35-18-31)20-8-12-23(13-9-20)34-16-21-4-2-3-5-26(21)29/h2-13,24H,14,16-18H2,1H3. The van der Waals surface area contributed by atoms with Crippen LogP contribution in [0.25, 0.3) is 0 Å². The highest BCUT2D eigenvalue weighted by atomic mass is 35.5. The predicted octanol–water partition coefficient (Wildman–Crippen LogP) is 6.45. The van der Waals surface area contributed by atoms with Crippen molar-refractivity contribution in [3.63, 3.8) is 0 Å². The summed E-state index contributed by atoms with van der Waals surface area (Å²) in [5, 5.41) is 11.5. The van der Waals surface area contributed by atoms with Gasteiger partial charge in [0.25, 0.3) is 0 Å². The van der Waals surface area contributed by atoms with E-state index >= 15 is 0 Å². The van der Waals surface area contributed by atoms with E-state index in [-0.39, 0.29) is 18.2 Å². The van der Waals surface area contributed by atoms with Gasteiger partial charge in [0.2, 0.25) is 5.91 Å². The number of carbonyl (C=O) groups is 1. The van der Waals surface area contributed by atoms with Crippen molar-refractivity contribution in [1.29, 1.82) is 5.26 Å². The van der Waals surface area contributed by atoms with Crippen LogP contribution < -0.4 is 9.64 Å². The Morgan fingerprint density at radius 2 is 1.83 bits per heavy atom. The number of rotatable bonds is 5. The van der Waals surface area contributed by atoms with Gasteiger partial charge >= 0.3 is 0 Å². The summed E-state index contributed by atoms with van der Waals surface area (Å²) in [5.74, 6) is 1.18. The number of benzene rings is 3. The highest BCUT2D eigenvalue weighted by molar-refractivity contribution is 8.03. The van der Waals surface area contributed by atoms with Crippen LogP contribution in [0, 0.1) is 18.3 Å². The maximum absolute atomic E-state index is 13.2. The number of ether oxygens (including phenoxy) is 1. The maximum Gasteiger partial charge on any atom is 0.229 e. The number of nitrogens with zero attached hydrogens (tertiary/aromatic N) is 3. The predicted molar refractivity (Wildman–Crippen MR) is 140 cm³/mol. The van der Waals surface area contributed by atoms with Crippen LogP contribution in [0.1, 0.15) is 29.0 Å². The van der Waals surface area contributed by atoms with Gasteiger partial charge in [0, 0.05) is 28.6 Å². The molecule has 0 bridgehead atoms. The lowest BCUT2D eigenvalue weighted by molar-refractivity contribution is -0.129. The van der Waals surface area contributed by atoms with Crippen molar-refractivity contribution >= 4 is 35.0 Å². The second kappa shape index (κ2) is 10.1. The van der Waals surface area contributed by atoms with Crippen molar-refractivity contribution in [2.24, 2.45) is 0 Å². The third-order valence-corrected chi connectivity index (χ3v) is 7.85. The van der Waals surface area contributed by atoms with Gasteiger partial charge in [0.15, 0.2) is 0 Å². The molecular weight excluding hydrogens is 478 g/mol. The first-order chi connectivity index (χ1) is 17.0. The summed E-state index contributed by atoms with van der Waals surface area (Å²) in [4.78, 5) is 17.1. The van der Waals surface area contributed by atoms with E-state index in [9.17, 15) is 10.1 Å². The van der Waals surface area contributed by atoms with E-state index in [1.54, 1.807) is 16.7 Å². The molecule has 0 aliphatic carbocycles. The minimum absolute atomic E-state index is 0.0346. The van der Waals surface area contributed by atoms with E-state index in [2.05, 4.69) is 42.2 Å². The summed E-state index contributed by atoms with van der Waals surface area (Å²) >= 11 is 7.76. The van der Waals surface area contributed by atoms with E-state index in [0.29, 0.717) is 35.5 Å². The van der Waals surface area contributed by atoms with Crippen LogP contribution in [0.2, 0.25) is 5.02 Å². The smallest absolute Gasteiger partial charge is 0.229 e. The number of hydrogen-bond donors (Lipinski definition) is 0. The number of anilines is 1. The van der Waals surface area contributed by atoms with Crippen LogP contribution in [-0.4, -0.2) is 23.4 Å². The minimum Gasteiger partial charge on any atom is -0.489 e. The Hall–Kier alpha value is -3.40. The van der Waals surface area contributed by atoms with E-state index in [4.69, 9.17) is 16.3 Å². The van der Waals surface area contributed by atoms with Crippen molar-refractivity contribution < 1.29 is 9.53 Å². The molecule has 0 spiro atoms. The SMILES string of the molecule is Cc1ccc(N2CSC3=C(C#N)C(c4ccc(OCc5ccccc5Cl)cc4)CC(=O)N3C2)cc1. The molecule has 176 valence electrons. The molecule has 3 aromatic rings. The molecule has 0 radical (unpaired) electrons. The van der Waals surface area contributed by atoms with Gasteiger partial charge in [-0.3, -0.25) is 9.69 Å². The molecule has 0 N–H and O–H groups in total. The number of nitriles is 1. The molecule has 2 heterocycles. The summed E-state index contributed by atoms with van der Waals surface area (Å²) in [7, 11) is 0. The molecule has 35 heavy (non-hydrogen) atoms. The van der Waals surface area contributed by atoms with Gasteiger partial charge in [-0.1, -0.05) is 71.4 Å². The fourth-order valence-electron chi connectivity index (χ4n) is 4.34. The summed E-state index contributed by atoms with van der Waals surface area (Å²) in [6, 6.07) is 25.9. The van der Waals surface area contributed by atoms with Gasteiger partial charge in [-0.05, 0) is 42.8 Å². The van der Waals surface area contributed by atoms with Gasteiger partial charge < -0.3 is 9.64 Å². The Morgan fingerprint density at radius 3 is 2.54 bits per heavy atom. The zero-order chi connectivity index (χ0) is 24.4. The molecule has 5 rings (SSSR count). The molecule has 7 heteroatoms. The zero-order valence-corrected chi connectivity index (χ0v) is 20.9. The lowest BCUT2D eigenvalue weighted by atomic mass is 9.86. The number of hydrogen-bond acceptors (Lipinski definition) is 5. The summed E-state index contributed by atoms with van der Waals surface area (Å²) in [6.07, 6.45) is 0.272. The molecule has 3 aromatic carbocycles. The molecule has 2 aliphatic rings. The summed E-state index contributed by atoms with van der Waals surface area (Å²) < 4.78 is 5.89. The third-order valence-electron chi connectivity index (χ3n) is 6.33. The highest BCUT2D eigenvalue weighted by Gasteiger charge is 2.38. The van der Waals surface area contributed by atoms with Gasteiger partial charge in [-0.15, -0.1) is 0 Å². The van der Waals surface area contributed by atoms with E-state index in [0.717, 1.165) is 21.8 Å².